The van der Waals surface area contributed by atoms with E-state index in [1.165, 1.54) is 0 Å². The largest absolute Gasteiger partial charge is 0.460 e. The summed E-state index contributed by atoms with van der Waals surface area (Å²) in [4.78, 5) is 60.3. The van der Waals surface area contributed by atoms with Crippen LogP contribution in [0.3, 0.4) is 0 Å². The topological polar surface area (TPSA) is 131 Å². The van der Waals surface area contributed by atoms with Gasteiger partial charge in [0, 0.05) is 38.0 Å². The van der Waals surface area contributed by atoms with Gasteiger partial charge in [0.1, 0.15) is 12.3 Å². The molecular formula is C26H40N3O7P. The van der Waals surface area contributed by atoms with Crippen molar-refractivity contribution in [2.24, 2.45) is 5.41 Å². The molecule has 0 saturated heterocycles. The Hall–Kier alpha value is -2.84. The van der Waals surface area contributed by atoms with Crippen LogP contribution < -0.4 is 10.6 Å². The van der Waals surface area contributed by atoms with Crippen molar-refractivity contribution < 1.29 is 33.2 Å². The zero-order valence-corrected chi connectivity index (χ0v) is 23.9. The molecule has 0 aliphatic heterocycles. The molecule has 0 fully saturated rings. The van der Waals surface area contributed by atoms with E-state index in [0.29, 0.717) is 35.8 Å². The third-order valence-electron chi connectivity index (χ3n) is 5.51. The highest BCUT2D eigenvalue weighted by molar-refractivity contribution is 7.51. The van der Waals surface area contributed by atoms with E-state index in [1.54, 1.807) is 32.0 Å². The Kier molecular flexibility index (Phi) is 12.3. The van der Waals surface area contributed by atoms with Gasteiger partial charge >= 0.3 is 5.97 Å². The molecule has 0 spiro atoms. The molecule has 0 aliphatic rings. The molecule has 1 aromatic carbocycles. The lowest BCUT2D eigenvalue weighted by Crippen LogP contribution is -2.38. The smallest absolute Gasteiger partial charge is 0.312 e. The summed E-state index contributed by atoms with van der Waals surface area (Å²) in [5, 5.41) is 5.20. The van der Waals surface area contributed by atoms with Crippen molar-refractivity contribution in [2.45, 2.75) is 73.0 Å². The summed E-state index contributed by atoms with van der Waals surface area (Å²) < 4.78 is 11.4. The summed E-state index contributed by atoms with van der Waals surface area (Å²) in [5.41, 5.74) is 0.396. The van der Waals surface area contributed by atoms with Gasteiger partial charge in [0.25, 0.3) is 5.91 Å². The molecule has 0 aliphatic carbocycles. The van der Waals surface area contributed by atoms with Crippen LogP contribution in [0.2, 0.25) is 0 Å². The van der Waals surface area contributed by atoms with Gasteiger partial charge in [-0.25, -0.2) is 0 Å². The Morgan fingerprint density at radius 2 is 1.78 bits per heavy atom. The predicted octanol–water partition coefficient (Wildman–Crippen LogP) is 3.82. The Morgan fingerprint density at radius 1 is 1.14 bits per heavy atom. The number of carbonyl (C=O) groups excluding carboxylic acids is 5. The van der Waals surface area contributed by atoms with E-state index in [2.05, 4.69) is 5.32 Å². The Labute approximate surface area is 220 Å². The molecule has 10 nitrogen and oxygen atoms in total. The van der Waals surface area contributed by atoms with Crippen LogP contribution in [0.25, 0.3) is 0 Å². The van der Waals surface area contributed by atoms with Crippen molar-refractivity contribution >= 4 is 44.4 Å². The molecule has 2 atom stereocenters. The van der Waals surface area contributed by atoms with E-state index >= 15 is 0 Å². The highest BCUT2D eigenvalue weighted by atomic mass is 31.1. The third kappa shape index (κ3) is 10.6. The predicted molar refractivity (Wildman–Crippen MR) is 143 cm³/mol. The van der Waals surface area contributed by atoms with Crippen LogP contribution in [0.1, 0.15) is 70.3 Å². The molecule has 1 aromatic rings. The highest BCUT2D eigenvalue weighted by Crippen LogP contribution is 2.40. The number of imide groups is 2. The van der Waals surface area contributed by atoms with Gasteiger partial charge in [0.2, 0.25) is 18.7 Å². The summed E-state index contributed by atoms with van der Waals surface area (Å²) in [5.74, 6) is -1.24. The fourth-order valence-corrected chi connectivity index (χ4v) is 5.09. The maximum atomic E-state index is 13.1. The molecule has 0 heterocycles. The van der Waals surface area contributed by atoms with Crippen LogP contribution in [0.15, 0.2) is 18.2 Å². The Morgan fingerprint density at radius 3 is 2.35 bits per heavy atom. The van der Waals surface area contributed by atoms with Crippen LogP contribution >= 0.6 is 8.15 Å². The molecule has 2 N–H and O–H groups in total. The Bertz CT molecular complexity index is 975. The fraction of sp³-hybridized carbons (Fsp3) is 0.577. The lowest BCUT2D eigenvalue weighted by atomic mass is 9.96. The number of hydrogen-bond donors (Lipinski definition) is 2. The van der Waals surface area contributed by atoms with Gasteiger partial charge in [0.15, 0.2) is 0 Å². The second kappa shape index (κ2) is 14.2. The number of anilines is 1. The number of rotatable bonds is 14. The number of ether oxygens (including phenoxy) is 1. The van der Waals surface area contributed by atoms with Crippen molar-refractivity contribution in [1.82, 2.24) is 10.2 Å². The van der Waals surface area contributed by atoms with Crippen molar-refractivity contribution in [3.63, 3.8) is 0 Å². The average molecular weight is 538 g/mol. The minimum Gasteiger partial charge on any atom is -0.460 e. The monoisotopic (exact) mass is 537 g/mol. The number of hydrogen-bond acceptors (Lipinski definition) is 8. The average Bonchev–Trinajstić information content (AvgIpc) is 2.78. The van der Waals surface area contributed by atoms with Gasteiger partial charge in [-0.15, -0.1) is 0 Å². The van der Waals surface area contributed by atoms with E-state index in [0.717, 1.165) is 4.90 Å². The molecule has 0 radical (unpaired) electrons. The van der Waals surface area contributed by atoms with E-state index in [-0.39, 0.29) is 25.5 Å². The van der Waals surface area contributed by atoms with Crippen LogP contribution in [-0.2, 0) is 28.4 Å². The maximum absolute atomic E-state index is 13.1. The number of amides is 4. The highest BCUT2D eigenvalue weighted by Gasteiger charge is 2.34. The maximum Gasteiger partial charge on any atom is 0.312 e. The number of nitrogens with zero attached hydrogens (tertiary/aromatic N) is 1. The Balaban J connectivity index is 2.78. The van der Waals surface area contributed by atoms with Crippen molar-refractivity contribution in [3.8, 4) is 0 Å². The SMILES string of the molecule is Cc1c(NCOP(C)CC(C)(C)C(=O)OC(C)(C)C)cccc1C(=O)N(C=O)C(C)CCC(=O)NC=O. The number of esters is 1. The van der Waals surface area contributed by atoms with Gasteiger partial charge in [-0.1, -0.05) is 6.07 Å². The first kappa shape index (κ1) is 32.2. The van der Waals surface area contributed by atoms with E-state index in [1.807, 2.05) is 46.6 Å². The molecule has 4 amide bonds. The molecule has 2 unspecified atom stereocenters. The third-order valence-corrected chi connectivity index (χ3v) is 7.32. The van der Waals surface area contributed by atoms with Crippen LogP contribution in [0, 0.1) is 12.3 Å². The van der Waals surface area contributed by atoms with E-state index in [9.17, 15) is 24.0 Å². The normalized spacial score (nSPS) is 13.2. The van der Waals surface area contributed by atoms with Crippen LogP contribution in [0.5, 0.6) is 0 Å². The molecular weight excluding hydrogens is 497 g/mol. The van der Waals surface area contributed by atoms with Crippen molar-refractivity contribution in [2.75, 3.05) is 24.9 Å². The fourth-order valence-electron chi connectivity index (χ4n) is 3.47. The quantitative estimate of drug-likeness (QED) is 0.159. The second-order valence-electron chi connectivity index (χ2n) is 10.5. The van der Waals surface area contributed by atoms with Crippen LogP contribution in [-0.4, -0.2) is 66.7 Å². The van der Waals surface area contributed by atoms with E-state index < -0.39 is 37.0 Å². The summed E-state index contributed by atoms with van der Waals surface area (Å²) in [6.07, 6.45) is 1.48. The molecule has 0 saturated carbocycles. The molecule has 37 heavy (non-hydrogen) atoms. The minimum atomic E-state index is -0.942. The van der Waals surface area contributed by atoms with E-state index in [4.69, 9.17) is 9.26 Å². The first-order valence-electron chi connectivity index (χ1n) is 12.0. The second-order valence-corrected chi connectivity index (χ2v) is 12.3. The summed E-state index contributed by atoms with van der Waals surface area (Å²) in [7, 11) is -0.942. The molecule has 0 bridgehead atoms. The van der Waals surface area contributed by atoms with Gasteiger partial charge in [-0.3, -0.25) is 34.2 Å². The summed E-state index contributed by atoms with van der Waals surface area (Å²) >= 11 is 0. The van der Waals surface area contributed by atoms with Crippen LogP contribution in [0.4, 0.5) is 5.69 Å². The molecule has 206 valence electrons. The minimum absolute atomic E-state index is 0.000174. The zero-order chi connectivity index (χ0) is 28.4. The summed E-state index contributed by atoms with van der Waals surface area (Å²) in [6.45, 7) is 14.7. The number of nitrogens with one attached hydrogen (secondary N) is 2. The first-order chi connectivity index (χ1) is 17.1. The lowest BCUT2D eigenvalue weighted by molar-refractivity contribution is -0.164. The first-order valence-corrected chi connectivity index (χ1v) is 13.9. The van der Waals surface area contributed by atoms with Crippen molar-refractivity contribution in [3.05, 3.63) is 29.3 Å². The summed E-state index contributed by atoms with van der Waals surface area (Å²) in [6, 6.07) is 4.59. The standard InChI is InChI=1S/C26H40N3O7P/c1-18(12-13-22(32)27-15-30)29(17-31)23(33)20-10-9-11-21(19(20)2)28-16-35-37(8)14-26(6,7)24(34)36-25(3,4)5/h9-11,15,17-18,28H,12-14,16H2,1-8H3,(H,27,30,32). The number of benzene rings is 1. The molecule has 0 aromatic heterocycles. The lowest BCUT2D eigenvalue weighted by Gasteiger charge is -2.30. The van der Waals surface area contributed by atoms with Gasteiger partial charge in [-0.05, 0) is 79.2 Å². The van der Waals surface area contributed by atoms with Gasteiger partial charge in [0.05, 0.1) is 5.41 Å². The van der Waals surface area contributed by atoms with Gasteiger partial charge < -0.3 is 14.6 Å². The zero-order valence-electron chi connectivity index (χ0n) is 23.0. The molecule has 11 heteroatoms. The van der Waals surface area contributed by atoms with Crippen molar-refractivity contribution in [1.29, 1.82) is 0 Å². The van der Waals surface area contributed by atoms with Gasteiger partial charge in [-0.2, -0.15) is 0 Å². The number of carbonyl (C=O) groups is 5. The molecule has 1 rings (SSSR count).